The molecule has 1 N–H and O–H groups in total. The highest BCUT2D eigenvalue weighted by atomic mass is 16.4. The van der Waals surface area contributed by atoms with Crippen LogP contribution < -0.4 is 4.90 Å². The van der Waals surface area contributed by atoms with Gasteiger partial charge in [-0.05, 0) is 25.0 Å². The van der Waals surface area contributed by atoms with Gasteiger partial charge in [0, 0.05) is 13.1 Å². The normalized spacial score (nSPS) is 19.7. The summed E-state index contributed by atoms with van der Waals surface area (Å²) in [6, 6.07) is 9.48. The number of hydrogen-bond donors (Lipinski definition) is 1. The number of para-hydroxylation sites is 1. The van der Waals surface area contributed by atoms with Gasteiger partial charge in [0.15, 0.2) is 0 Å². The molecular weight excluding hydrogens is 216 g/mol. The molecule has 1 aromatic rings. The molecule has 1 heterocycles. The molecule has 1 aromatic carbocycles. The van der Waals surface area contributed by atoms with Crippen LogP contribution in [-0.2, 0) is 4.79 Å². The predicted molar refractivity (Wildman–Crippen MR) is 63.7 cm³/mol. The van der Waals surface area contributed by atoms with Gasteiger partial charge in [-0.25, -0.2) is 0 Å². The standard InChI is InChI=1S/C13H14N2O2/c14-8-10-4-1-2-6-12(10)15-7-3-5-11(9-15)13(16)17/h1-2,4,6,11H,3,5,7,9H2,(H,16,17). The van der Waals surface area contributed by atoms with E-state index in [0.717, 1.165) is 25.1 Å². The van der Waals surface area contributed by atoms with Crippen molar-refractivity contribution in [1.29, 1.82) is 5.26 Å². The number of carbonyl (C=O) groups is 1. The number of nitriles is 1. The van der Waals surface area contributed by atoms with Gasteiger partial charge >= 0.3 is 5.97 Å². The molecule has 4 nitrogen and oxygen atoms in total. The van der Waals surface area contributed by atoms with Crippen LogP contribution in [0.1, 0.15) is 18.4 Å². The Hall–Kier alpha value is -2.02. The summed E-state index contributed by atoms with van der Waals surface area (Å²) in [6.07, 6.45) is 1.58. The van der Waals surface area contributed by atoms with E-state index in [2.05, 4.69) is 6.07 Å². The van der Waals surface area contributed by atoms with Crippen molar-refractivity contribution in [3.8, 4) is 6.07 Å². The van der Waals surface area contributed by atoms with Crippen LogP contribution >= 0.6 is 0 Å². The molecule has 88 valence electrons. The summed E-state index contributed by atoms with van der Waals surface area (Å²) in [5, 5.41) is 18.1. The molecule has 17 heavy (non-hydrogen) atoms. The first-order valence-corrected chi connectivity index (χ1v) is 5.69. The lowest BCUT2D eigenvalue weighted by atomic mass is 9.97. The summed E-state index contributed by atoms with van der Waals surface area (Å²) in [4.78, 5) is 13.0. The monoisotopic (exact) mass is 230 g/mol. The zero-order valence-electron chi connectivity index (χ0n) is 9.47. The van der Waals surface area contributed by atoms with Gasteiger partial charge in [-0.2, -0.15) is 5.26 Å². The van der Waals surface area contributed by atoms with Crippen molar-refractivity contribution in [3.63, 3.8) is 0 Å². The SMILES string of the molecule is N#Cc1ccccc1N1CCCC(C(=O)O)C1. The van der Waals surface area contributed by atoms with Crippen LogP contribution in [-0.4, -0.2) is 24.2 Å². The fourth-order valence-electron chi connectivity index (χ4n) is 2.24. The lowest BCUT2D eigenvalue weighted by Gasteiger charge is -2.33. The zero-order valence-corrected chi connectivity index (χ0v) is 9.47. The molecule has 1 fully saturated rings. The van der Waals surface area contributed by atoms with Crippen molar-refractivity contribution in [2.75, 3.05) is 18.0 Å². The third-order valence-electron chi connectivity index (χ3n) is 3.14. The van der Waals surface area contributed by atoms with Crippen molar-refractivity contribution >= 4 is 11.7 Å². The maximum absolute atomic E-state index is 11.0. The molecule has 1 aliphatic heterocycles. The van der Waals surface area contributed by atoms with E-state index in [9.17, 15) is 4.79 Å². The Labute approximate surface area is 100 Å². The minimum atomic E-state index is -0.746. The van der Waals surface area contributed by atoms with Gasteiger partial charge in [0.1, 0.15) is 6.07 Å². The van der Waals surface area contributed by atoms with Crippen molar-refractivity contribution in [2.24, 2.45) is 5.92 Å². The van der Waals surface area contributed by atoms with E-state index in [4.69, 9.17) is 10.4 Å². The number of rotatable bonds is 2. The Morgan fingerprint density at radius 2 is 2.24 bits per heavy atom. The second-order valence-electron chi connectivity index (χ2n) is 4.25. The van der Waals surface area contributed by atoms with Gasteiger partial charge in [-0.1, -0.05) is 12.1 Å². The molecule has 0 bridgehead atoms. The first-order valence-electron chi connectivity index (χ1n) is 5.69. The Morgan fingerprint density at radius 1 is 1.47 bits per heavy atom. The molecule has 1 saturated heterocycles. The smallest absolute Gasteiger partial charge is 0.308 e. The molecule has 0 amide bonds. The molecular formula is C13H14N2O2. The van der Waals surface area contributed by atoms with Crippen LogP contribution in [0, 0.1) is 17.2 Å². The van der Waals surface area contributed by atoms with E-state index >= 15 is 0 Å². The first-order chi connectivity index (χ1) is 8.22. The van der Waals surface area contributed by atoms with Gasteiger partial charge in [0.25, 0.3) is 0 Å². The average Bonchev–Trinajstić information content (AvgIpc) is 2.39. The quantitative estimate of drug-likeness (QED) is 0.842. The van der Waals surface area contributed by atoms with Gasteiger partial charge in [-0.15, -0.1) is 0 Å². The number of carboxylic acid groups (broad SMARTS) is 1. The minimum Gasteiger partial charge on any atom is -0.481 e. The zero-order chi connectivity index (χ0) is 12.3. The molecule has 0 aromatic heterocycles. The topological polar surface area (TPSA) is 64.3 Å². The number of carboxylic acids is 1. The van der Waals surface area contributed by atoms with Gasteiger partial charge < -0.3 is 10.0 Å². The summed E-state index contributed by atoms with van der Waals surface area (Å²) >= 11 is 0. The van der Waals surface area contributed by atoms with Crippen molar-refractivity contribution in [1.82, 2.24) is 0 Å². The highest BCUT2D eigenvalue weighted by Crippen LogP contribution is 2.25. The Morgan fingerprint density at radius 3 is 2.94 bits per heavy atom. The molecule has 0 spiro atoms. The number of hydrogen-bond acceptors (Lipinski definition) is 3. The second-order valence-corrected chi connectivity index (χ2v) is 4.25. The molecule has 0 radical (unpaired) electrons. The fraction of sp³-hybridized carbons (Fsp3) is 0.385. The number of anilines is 1. The largest absolute Gasteiger partial charge is 0.481 e. The molecule has 1 unspecified atom stereocenters. The van der Waals surface area contributed by atoms with Crippen LogP contribution in [0.5, 0.6) is 0 Å². The van der Waals surface area contributed by atoms with Crippen LogP contribution in [0.25, 0.3) is 0 Å². The van der Waals surface area contributed by atoms with Crippen LogP contribution in [0.3, 0.4) is 0 Å². The highest BCUT2D eigenvalue weighted by molar-refractivity contribution is 5.72. The lowest BCUT2D eigenvalue weighted by molar-refractivity contribution is -0.141. The van der Waals surface area contributed by atoms with E-state index < -0.39 is 5.97 Å². The number of aliphatic carboxylic acids is 1. The average molecular weight is 230 g/mol. The molecule has 4 heteroatoms. The van der Waals surface area contributed by atoms with E-state index in [1.54, 1.807) is 6.07 Å². The Kier molecular flexibility index (Phi) is 3.29. The Bertz CT molecular complexity index is 465. The van der Waals surface area contributed by atoms with Crippen LogP contribution in [0.2, 0.25) is 0 Å². The molecule has 1 aliphatic rings. The van der Waals surface area contributed by atoms with Crippen LogP contribution in [0.4, 0.5) is 5.69 Å². The minimum absolute atomic E-state index is 0.324. The van der Waals surface area contributed by atoms with E-state index in [1.165, 1.54) is 0 Å². The van der Waals surface area contributed by atoms with E-state index in [0.29, 0.717) is 12.1 Å². The number of piperidine rings is 1. The second kappa shape index (κ2) is 4.88. The van der Waals surface area contributed by atoms with Crippen molar-refractivity contribution in [3.05, 3.63) is 29.8 Å². The molecule has 0 aliphatic carbocycles. The molecule has 1 atom stereocenters. The third kappa shape index (κ3) is 2.39. The summed E-state index contributed by atoms with van der Waals surface area (Å²) in [7, 11) is 0. The molecule has 0 saturated carbocycles. The summed E-state index contributed by atoms with van der Waals surface area (Å²) in [6.45, 7) is 1.32. The maximum atomic E-state index is 11.0. The first kappa shape index (κ1) is 11.5. The maximum Gasteiger partial charge on any atom is 0.308 e. The summed E-state index contributed by atoms with van der Waals surface area (Å²) in [5.74, 6) is -1.07. The highest BCUT2D eigenvalue weighted by Gasteiger charge is 2.26. The van der Waals surface area contributed by atoms with E-state index in [1.807, 2.05) is 23.1 Å². The fourth-order valence-corrected chi connectivity index (χ4v) is 2.24. The lowest BCUT2D eigenvalue weighted by Crippen LogP contribution is -2.39. The van der Waals surface area contributed by atoms with Gasteiger partial charge in [0.05, 0.1) is 17.2 Å². The number of nitrogens with zero attached hydrogens (tertiary/aromatic N) is 2. The third-order valence-corrected chi connectivity index (χ3v) is 3.14. The van der Waals surface area contributed by atoms with E-state index in [-0.39, 0.29) is 5.92 Å². The summed E-state index contributed by atoms with van der Waals surface area (Å²) < 4.78 is 0. The summed E-state index contributed by atoms with van der Waals surface area (Å²) in [5.41, 5.74) is 1.46. The number of benzene rings is 1. The predicted octanol–water partition coefficient (Wildman–Crippen LogP) is 1.86. The van der Waals surface area contributed by atoms with Gasteiger partial charge in [0.2, 0.25) is 0 Å². The Balaban J connectivity index is 2.22. The molecule has 2 rings (SSSR count). The van der Waals surface area contributed by atoms with Crippen molar-refractivity contribution in [2.45, 2.75) is 12.8 Å². The van der Waals surface area contributed by atoms with Crippen LogP contribution in [0.15, 0.2) is 24.3 Å². The van der Waals surface area contributed by atoms with Crippen molar-refractivity contribution < 1.29 is 9.90 Å². The van der Waals surface area contributed by atoms with Gasteiger partial charge in [-0.3, -0.25) is 4.79 Å².